The Balaban J connectivity index is 1.49. The summed E-state index contributed by atoms with van der Waals surface area (Å²) < 4.78 is 11.3. The number of amides is 3. The number of nitrogens with zero attached hydrogens (tertiary/aromatic N) is 2. The van der Waals surface area contributed by atoms with Crippen molar-refractivity contribution in [3.63, 3.8) is 0 Å². The van der Waals surface area contributed by atoms with Crippen LogP contribution in [0.3, 0.4) is 0 Å². The number of nitrogens with one attached hydrogen (secondary N) is 1. The minimum absolute atomic E-state index is 0.0700. The van der Waals surface area contributed by atoms with Crippen LogP contribution in [0.5, 0.6) is 0 Å². The topological polar surface area (TPSA) is 88.2 Å². The number of likely N-dealkylation sites (tertiary alicyclic amines) is 1. The van der Waals surface area contributed by atoms with Gasteiger partial charge < -0.3 is 14.4 Å². The third-order valence-corrected chi connectivity index (χ3v) is 5.20. The highest BCUT2D eigenvalue weighted by atomic mass is 16.7. The van der Waals surface area contributed by atoms with Crippen molar-refractivity contribution in [3.8, 4) is 0 Å². The molecule has 8 nitrogen and oxygen atoms in total. The van der Waals surface area contributed by atoms with E-state index in [0.29, 0.717) is 31.0 Å². The summed E-state index contributed by atoms with van der Waals surface area (Å²) in [4.78, 5) is 38.4. The first-order valence-corrected chi connectivity index (χ1v) is 9.40. The van der Waals surface area contributed by atoms with Gasteiger partial charge in [-0.2, -0.15) is 0 Å². The van der Waals surface area contributed by atoms with Gasteiger partial charge in [-0.3, -0.25) is 19.8 Å². The molecule has 3 amide bonds. The Bertz CT molecular complexity index is 729. The molecule has 1 atom stereocenters. The molecule has 4 rings (SSSR count). The minimum Gasteiger partial charge on any atom is -0.348 e. The van der Waals surface area contributed by atoms with Gasteiger partial charge in [0, 0.05) is 24.9 Å². The van der Waals surface area contributed by atoms with E-state index in [9.17, 15) is 14.4 Å². The van der Waals surface area contributed by atoms with Crippen molar-refractivity contribution < 1.29 is 23.9 Å². The SMILES string of the molecule is O=C1CCC(=O)N(c2ccc(C(=O)N3CCCCC3C3OCCO3)cc2)N1. The summed E-state index contributed by atoms with van der Waals surface area (Å²) in [5.41, 5.74) is 3.64. The third kappa shape index (κ3) is 3.68. The summed E-state index contributed by atoms with van der Waals surface area (Å²) >= 11 is 0. The van der Waals surface area contributed by atoms with Gasteiger partial charge in [0.1, 0.15) is 0 Å². The van der Waals surface area contributed by atoms with Crippen LogP contribution < -0.4 is 10.4 Å². The summed E-state index contributed by atoms with van der Waals surface area (Å²) in [7, 11) is 0. The second-order valence-electron chi connectivity index (χ2n) is 6.98. The lowest BCUT2D eigenvalue weighted by Crippen LogP contribution is -2.51. The van der Waals surface area contributed by atoms with E-state index in [0.717, 1.165) is 19.3 Å². The summed E-state index contributed by atoms with van der Waals surface area (Å²) in [6, 6.07) is 6.66. The van der Waals surface area contributed by atoms with Crippen LogP contribution in [0, 0.1) is 0 Å². The van der Waals surface area contributed by atoms with Crippen molar-refractivity contribution in [1.29, 1.82) is 0 Å². The molecule has 0 aliphatic carbocycles. The number of hydrazine groups is 1. The largest absolute Gasteiger partial charge is 0.348 e. The number of rotatable bonds is 3. The van der Waals surface area contributed by atoms with Crippen molar-refractivity contribution in [1.82, 2.24) is 10.3 Å². The Morgan fingerprint density at radius 2 is 1.78 bits per heavy atom. The zero-order chi connectivity index (χ0) is 18.8. The van der Waals surface area contributed by atoms with Gasteiger partial charge in [-0.25, -0.2) is 5.01 Å². The molecular formula is C19H23N3O5. The molecule has 0 saturated carbocycles. The lowest BCUT2D eigenvalue weighted by molar-refractivity contribution is -0.130. The standard InChI is InChI=1S/C19H23N3O5/c23-16-8-9-17(24)22(20-16)14-6-4-13(5-7-14)18(25)21-10-2-1-3-15(21)19-26-11-12-27-19/h4-7,15,19H,1-3,8-12H2,(H,20,23). The van der Waals surface area contributed by atoms with E-state index in [-0.39, 0.29) is 42.9 Å². The highest BCUT2D eigenvalue weighted by Crippen LogP contribution is 2.27. The van der Waals surface area contributed by atoms with Gasteiger partial charge in [0.25, 0.3) is 5.91 Å². The molecule has 3 heterocycles. The Morgan fingerprint density at radius 3 is 2.52 bits per heavy atom. The fourth-order valence-corrected chi connectivity index (χ4v) is 3.79. The highest BCUT2D eigenvalue weighted by Gasteiger charge is 2.36. The Hall–Kier alpha value is -2.45. The van der Waals surface area contributed by atoms with Crippen LogP contribution in [0.25, 0.3) is 0 Å². The number of ether oxygens (including phenoxy) is 2. The Morgan fingerprint density at radius 1 is 1.04 bits per heavy atom. The fraction of sp³-hybridized carbons (Fsp3) is 0.526. The summed E-state index contributed by atoms with van der Waals surface area (Å²) in [6.07, 6.45) is 2.91. The van der Waals surface area contributed by atoms with Gasteiger partial charge in [0.05, 0.1) is 24.9 Å². The zero-order valence-corrected chi connectivity index (χ0v) is 15.1. The van der Waals surface area contributed by atoms with Gasteiger partial charge in [-0.1, -0.05) is 0 Å². The summed E-state index contributed by atoms with van der Waals surface area (Å²) in [5, 5.41) is 1.24. The molecule has 144 valence electrons. The zero-order valence-electron chi connectivity index (χ0n) is 15.1. The molecule has 1 aromatic rings. The maximum atomic E-state index is 13.0. The molecule has 3 aliphatic rings. The van der Waals surface area contributed by atoms with E-state index in [1.807, 2.05) is 4.90 Å². The summed E-state index contributed by atoms with van der Waals surface area (Å²) in [6.45, 7) is 1.80. The molecule has 0 radical (unpaired) electrons. The van der Waals surface area contributed by atoms with Crippen molar-refractivity contribution in [2.24, 2.45) is 0 Å². The normalized spacial score (nSPS) is 24.2. The van der Waals surface area contributed by atoms with Gasteiger partial charge in [0.15, 0.2) is 6.29 Å². The quantitative estimate of drug-likeness (QED) is 0.861. The van der Waals surface area contributed by atoms with E-state index in [1.54, 1.807) is 24.3 Å². The molecule has 27 heavy (non-hydrogen) atoms. The van der Waals surface area contributed by atoms with Crippen LogP contribution in [0.2, 0.25) is 0 Å². The summed E-state index contributed by atoms with van der Waals surface area (Å²) in [5.74, 6) is -0.429. The van der Waals surface area contributed by atoms with Gasteiger partial charge in [-0.15, -0.1) is 0 Å². The Labute approximate surface area is 157 Å². The minimum atomic E-state index is -0.352. The van der Waals surface area contributed by atoms with Crippen LogP contribution in [0.1, 0.15) is 42.5 Å². The number of benzene rings is 1. The van der Waals surface area contributed by atoms with Crippen LogP contribution in [-0.4, -0.2) is 54.7 Å². The third-order valence-electron chi connectivity index (χ3n) is 5.20. The second kappa shape index (κ2) is 7.66. The molecule has 1 aromatic carbocycles. The van der Waals surface area contributed by atoms with Crippen molar-refractivity contribution in [3.05, 3.63) is 29.8 Å². The van der Waals surface area contributed by atoms with Crippen LogP contribution in [-0.2, 0) is 19.1 Å². The van der Waals surface area contributed by atoms with E-state index in [2.05, 4.69) is 5.43 Å². The van der Waals surface area contributed by atoms with Crippen LogP contribution in [0.15, 0.2) is 24.3 Å². The molecule has 1 unspecified atom stereocenters. The van der Waals surface area contributed by atoms with Crippen molar-refractivity contribution in [2.75, 3.05) is 24.8 Å². The second-order valence-corrected chi connectivity index (χ2v) is 6.98. The molecule has 0 aromatic heterocycles. The number of hydrogen-bond acceptors (Lipinski definition) is 5. The van der Waals surface area contributed by atoms with Crippen LogP contribution >= 0.6 is 0 Å². The van der Waals surface area contributed by atoms with Gasteiger partial charge in [-0.05, 0) is 43.5 Å². The first kappa shape index (κ1) is 17.9. The fourth-order valence-electron chi connectivity index (χ4n) is 3.79. The predicted molar refractivity (Wildman–Crippen MR) is 95.7 cm³/mol. The van der Waals surface area contributed by atoms with E-state index < -0.39 is 0 Å². The average Bonchev–Trinajstić information content (AvgIpc) is 3.24. The average molecular weight is 373 g/mol. The number of anilines is 1. The van der Waals surface area contributed by atoms with Crippen molar-refractivity contribution in [2.45, 2.75) is 44.4 Å². The Kier molecular flexibility index (Phi) is 5.09. The molecule has 1 N–H and O–H groups in total. The monoisotopic (exact) mass is 373 g/mol. The number of hydrogen-bond donors (Lipinski definition) is 1. The maximum absolute atomic E-state index is 13.0. The van der Waals surface area contributed by atoms with Gasteiger partial charge in [0.2, 0.25) is 11.8 Å². The number of piperidine rings is 1. The predicted octanol–water partition coefficient (Wildman–Crippen LogP) is 1.21. The molecule has 3 saturated heterocycles. The van der Waals surface area contributed by atoms with Crippen LogP contribution in [0.4, 0.5) is 5.69 Å². The molecule has 0 bridgehead atoms. The van der Waals surface area contributed by atoms with E-state index in [1.165, 1.54) is 5.01 Å². The molecule has 3 fully saturated rings. The number of carbonyl (C=O) groups is 3. The maximum Gasteiger partial charge on any atom is 0.254 e. The lowest BCUT2D eigenvalue weighted by atomic mass is 10.00. The van der Waals surface area contributed by atoms with E-state index in [4.69, 9.17) is 9.47 Å². The smallest absolute Gasteiger partial charge is 0.254 e. The molecular weight excluding hydrogens is 350 g/mol. The lowest BCUT2D eigenvalue weighted by Gasteiger charge is -2.38. The van der Waals surface area contributed by atoms with Crippen molar-refractivity contribution >= 4 is 23.4 Å². The van der Waals surface area contributed by atoms with E-state index >= 15 is 0 Å². The highest BCUT2D eigenvalue weighted by molar-refractivity contribution is 6.01. The molecule has 0 spiro atoms. The first-order valence-electron chi connectivity index (χ1n) is 9.40. The first-order chi connectivity index (χ1) is 13.1. The molecule has 8 heteroatoms. The molecule has 3 aliphatic heterocycles. The number of carbonyl (C=O) groups excluding carboxylic acids is 3. The van der Waals surface area contributed by atoms with Gasteiger partial charge >= 0.3 is 0 Å².